The van der Waals surface area contributed by atoms with E-state index in [0.717, 1.165) is 6.42 Å². The maximum absolute atomic E-state index is 12.0. The second-order valence-corrected chi connectivity index (χ2v) is 6.80. The highest BCUT2D eigenvalue weighted by Gasteiger charge is 2.34. The number of carbonyl (C=O) groups is 2. The predicted octanol–water partition coefficient (Wildman–Crippen LogP) is 2.07. The van der Waals surface area contributed by atoms with Crippen molar-refractivity contribution in [1.29, 1.82) is 0 Å². The van der Waals surface area contributed by atoms with Gasteiger partial charge < -0.3 is 9.64 Å². The van der Waals surface area contributed by atoms with Gasteiger partial charge in [0.25, 0.3) is 0 Å². The van der Waals surface area contributed by atoms with Crippen LogP contribution < -0.4 is 0 Å². The van der Waals surface area contributed by atoms with Crippen molar-refractivity contribution in [2.75, 3.05) is 20.3 Å². The van der Waals surface area contributed by atoms with Crippen LogP contribution in [-0.4, -0.2) is 47.7 Å². The lowest BCUT2D eigenvalue weighted by Gasteiger charge is -2.33. The van der Waals surface area contributed by atoms with E-state index in [0.29, 0.717) is 6.67 Å². The third kappa shape index (κ3) is 4.20. The number of rotatable bonds is 2. The summed E-state index contributed by atoms with van der Waals surface area (Å²) in [5.41, 5.74) is -0.444. The van der Waals surface area contributed by atoms with Crippen molar-refractivity contribution < 1.29 is 14.3 Å². The Kier molecular flexibility index (Phi) is 3.93. The van der Waals surface area contributed by atoms with Crippen LogP contribution in [-0.2, 0) is 9.53 Å². The molecule has 1 aliphatic rings. The molecule has 0 aromatic heterocycles. The molecule has 104 valence electrons. The molecule has 1 aliphatic heterocycles. The van der Waals surface area contributed by atoms with Crippen LogP contribution in [0.1, 0.15) is 41.0 Å². The van der Waals surface area contributed by atoms with E-state index in [1.54, 1.807) is 7.05 Å². The van der Waals surface area contributed by atoms with Crippen molar-refractivity contribution in [2.24, 2.45) is 5.41 Å². The normalized spacial score (nSPS) is 17.3. The van der Waals surface area contributed by atoms with E-state index in [1.165, 1.54) is 9.80 Å². The second-order valence-electron chi connectivity index (χ2n) is 6.80. The smallest absolute Gasteiger partial charge is 0.412 e. The first-order valence-corrected chi connectivity index (χ1v) is 6.22. The van der Waals surface area contributed by atoms with Crippen molar-refractivity contribution in [3.63, 3.8) is 0 Å². The topological polar surface area (TPSA) is 49.9 Å². The van der Waals surface area contributed by atoms with Gasteiger partial charge >= 0.3 is 6.09 Å². The molecule has 1 heterocycles. The zero-order chi connectivity index (χ0) is 14.1. The lowest BCUT2D eigenvalue weighted by molar-refractivity contribution is -0.125. The molecular weight excluding hydrogens is 232 g/mol. The molecule has 2 amide bonds. The van der Waals surface area contributed by atoms with Crippen LogP contribution in [0.25, 0.3) is 0 Å². The van der Waals surface area contributed by atoms with Crippen molar-refractivity contribution in [1.82, 2.24) is 9.80 Å². The lowest BCUT2D eigenvalue weighted by Crippen LogP contribution is -2.39. The van der Waals surface area contributed by atoms with Crippen LogP contribution in [0, 0.1) is 5.41 Å². The molecule has 18 heavy (non-hydrogen) atoms. The Hall–Kier alpha value is -1.26. The van der Waals surface area contributed by atoms with Crippen LogP contribution in [0.15, 0.2) is 0 Å². The first-order valence-electron chi connectivity index (χ1n) is 6.22. The summed E-state index contributed by atoms with van der Waals surface area (Å²) in [6.07, 6.45) is 0.352. The molecule has 1 fully saturated rings. The number of amides is 2. The van der Waals surface area contributed by atoms with E-state index >= 15 is 0 Å². The van der Waals surface area contributed by atoms with E-state index in [-0.39, 0.29) is 17.9 Å². The number of likely N-dealkylation sites (N-methyl/N-ethyl adjacent to an activating group) is 1. The summed E-state index contributed by atoms with van der Waals surface area (Å²) in [5.74, 6) is -0.0550. The fourth-order valence-corrected chi connectivity index (χ4v) is 2.41. The van der Waals surface area contributed by atoms with Gasteiger partial charge in [0.2, 0.25) is 5.91 Å². The van der Waals surface area contributed by atoms with Crippen LogP contribution >= 0.6 is 0 Å². The molecule has 1 rings (SSSR count). The summed E-state index contributed by atoms with van der Waals surface area (Å²) in [4.78, 5) is 26.3. The molecule has 0 aliphatic carbocycles. The lowest BCUT2D eigenvalue weighted by atomic mass is 9.84. The summed E-state index contributed by atoms with van der Waals surface area (Å²) in [5, 5.41) is 0. The van der Waals surface area contributed by atoms with Gasteiger partial charge in [-0.15, -0.1) is 0 Å². The Bertz CT molecular complexity index is 345. The van der Waals surface area contributed by atoms with Gasteiger partial charge in [-0.3, -0.25) is 9.69 Å². The average Bonchev–Trinajstić information content (AvgIpc) is 2.41. The fraction of sp³-hybridized carbons (Fsp3) is 0.846. The Balaban J connectivity index is 2.57. The second kappa shape index (κ2) is 4.78. The molecule has 1 saturated heterocycles. The van der Waals surface area contributed by atoms with E-state index in [9.17, 15) is 9.59 Å². The number of hydrogen-bond acceptors (Lipinski definition) is 3. The number of ether oxygens (including phenoxy) is 1. The van der Waals surface area contributed by atoms with Gasteiger partial charge in [-0.1, -0.05) is 20.8 Å². The monoisotopic (exact) mass is 256 g/mol. The molecule has 5 heteroatoms. The molecule has 0 atom stereocenters. The van der Waals surface area contributed by atoms with Gasteiger partial charge in [0, 0.05) is 7.05 Å². The third-order valence-corrected chi connectivity index (χ3v) is 2.71. The van der Waals surface area contributed by atoms with Crippen LogP contribution in [0.4, 0.5) is 4.79 Å². The SMILES string of the molecule is CN1CN(C(=O)OC(C)(C)CC(C)(C)C)CC1=O. The summed E-state index contributed by atoms with van der Waals surface area (Å²) >= 11 is 0. The van der Waals surface area contributed by atoms with Gasteiger partial charge in [0.1, 0.15) is 12.1 Å². The van der Waals surface area contributed by atoms with Crippen LogP contribution in [0.2, 0.25) is 0 Å². The van der Waals surface area contributed by atoms with Crippen LogP contribution in [0.3, 0.4) is 0 Å². The highest BCUT2D eigenvalue weighted by atomic mass is 16.6. The molecule has 0 saturated carbocycles. The number of nitrogens with zero attached hydrogens (tertiary/aromatic N) is 2. The summed E-state index contributed by atoms with van der Waals surface area (Å²) < 4.78 is 5.50. The van der Waals surface area contributed by atoms with Gasteiger partial charge in [-0.05, 0) is 25.7 Å². The molecule has 0 bridgehead atoms. The highest BCUT2D eigenvalue weighted by molar-refractivity contribution is 5.85. The Labute approximate surface area is 109 Å². The first kappa shape index (κ1) is 14.8. The molecule has 0 spiro atoms. The standard InChI is InChI=1S/C13H24N2O3/c1-12(2,3)8-13(4,5)18-11(17)15-7-10(16)14(6)9-15/h7-9H2,1-6H3. The van der Waals surface area contributed by atoms with Crippen molar-refractivity contribution in [3.05, 3.63) is 0 Å². The van der Waals surface area contributed by atoms with Crippen molar-refractivity contribution >= 4 is 12.0 Å². The van der Waals surface area contributed by atoms with Crippen molar-refractivity contribution in [2.45, 2.75) is 46.6 Å². The first-order chi connectivity index (χ1) is 8.00. The molecule has 0 aromatic carbocycles. The maximum Gasteiger partial charge on any atom is 0.412 e. The van der Waals surface area contributed by atoms with Crippen LogP contribution in [0.5, 0.6) is 0 Å². The summed E-state index contributed by atoms with van der Waals surface area (Å²) in [6.45, 7) is 10.5. The zero-order valence-electron chi connectivity index (χ0n) is 12.2. The minimum Gasteiger partial charge on any atom is -0.443 e. The molecule has 0 N–H and O–H groups in total. The molecule has 0 radical (unpaired) electrons. The summed E-state index contributed by atoms with van der Waals surface area (Å²) in [6, 6.07) is 0. The van der Waals surface area contributed by atoms with Gasteiger partial charge in [0.15, 0.2) is 0 Å². The van der Waals surface area contributed by atoms with E-state index in [2.05, 4.69) is 20.8 Å². The largest absolute Gasteiger partial charge is 0.443 e. The average molecular weight is 256 g/mol. The van der Waals surface area contributed by atoms with Gasteiger partial charge in [-0.2, -0.15) is 0 Å². The third-order valence-electron chi connectivity index (χ3n) is 2.71. The van der Waals surface area contributed by atoms with Crippen molar-refractivity contribution in [3.8, 4) is 0 Å². The molecular formula is C13H24N2O3. The minimum absolute atomic E-state index is 0.0550. The molecule has 5 nitrogen and oxygen atoms in total. The number of carbonyl (C=O) groups excluding carboxylic acids is 2. The Morgan fingerprint density at radius 1 is 1.28 bits per heavy atom. The Morgan fingerprint density at radius 3 is 2.22 bits per heavy atom. The Morgan fingerprint density at radius 2 is 1.83 bits per heavy atom. The highest BCUT2D eigenvalue weighted by Crippen LogP contribution is 2.30. The van der Waals surface area contributed by atoms with Gasteiger partial charge in [-0.25, -0.2) is 4.79 Å². The molecule has 0 aromatic rings. The predicted molar refractivity (Wildman–Crippen MR) is 69.0 cm³/mol. The quantitative estimate of drug-likeness (QED) is 0.760. The van der Waals surface area contributed by atoms with E-state index < -0.39 is 11.7 Å². The fourth-order valence-electron chi connectivity index (χ4n) is 2.41. The molecule has 0 unspecified atom stereocenters. The maximum atomic E-state index is 12.0. The zero-order valence-corrected chi connectivity index (χ0v) is 12.2. The van der Waals surface area contributed by atoms with E-state index in [4.69, 9.17) is 4.74 Å². The summed E-state index contributed by atoms with van der Waals surface area (Å²) in [7, 11) is 1.68. The minimum atomic E-state index is -0.528. The number of hydrogen-bond donors (Lipinski definition) is 0. The van der Waals surface area contributed by atoms with Gasteiger partial charge in [0.05, 0.1) is 6.67 Å². The van der Waals surface area contributed by atoms with E-state index in [1.807, 2.05) is 13.8 Å².